The lowest BCUT2D eigenvalue weighted by molar-refractivity contribution is -0.113. The minimum absolute atomic E-state index is 0.0950. The molecule has 3 heteroatoms. The van der Waals surface area contributed by atoms with E-state index in [-0.39, 0.29) is 5.78 Å². The zero-order valence-electron chi connectivity index (χ0n) is 9.23. The van der Waals surface area contributed by atoms with Crippen LogP contribution in [0.4, 0.5) is 0 Å². The molecule has 0 fully saturated rings. The number of hydrogen-bond acceptors (Lipinski definition) is 3. The molecule has 0 radical (unpaired) electrons. The number of nitrogens with zero attached hydrogens (tertiary/aromatic N) is 1. The Kier molecular flexibility index (Phi) is 4.43. The largest absolute Gasteiger partial charge is 0.382 e. The number of Topliss-reactive ketones (excluding diaryl/α,β-unsaturated/α-hetero) is 1. The van der Waals surface area contributed by atoms with Gasteiger partial charge in [0, 0.05) is 25.2 Å². The Morgan fingerprint density at radius 3 is 2.33 bits per heavy atom. The van der Waals surface area contributed by atoms with E-state index in [1.54, 1.807) is 6.92 Å². The highest BCUT2D eigenvalue weighted by Gasteiger charge is 2.06. The fourth-order valence-electron chi connectivity index (χ4n) is 1.04. The van der Waals surface area contributed by atoms with Gasteiger partial charge in [-0.25, -0.2) is 0 Å². The van der Waals surface area contributed by atoms with Gasteiger partial charge in [0.05, 0.1) is 4.91 Å². The molecule has 0 amide bonds. The summed E-state index contributed by atoms with van der Waals surface area (Å²) in [5.74, 6) is 0.0950. The lowest BCUT2D eigenvalue weighted by atomic mass is 10.4. The van der Waals surface area contributed by atoms with Gasteiger partial charge < -0.3 is 4.90 Å². The zero-order chi connectivity index (χ0) is 11.3. The Balaban J connectivity index is 2.81. The molecule has 0 atom stereocenters. The average molecular weight is 221 g/mol. The van der Waals surface area contributed by atoms with Crippen LogP contribution < -0.4 is 0 Å². The SMILES string of the molecule is CC(=O)C(=CN(C)C)Sc1ccccc1. The van der Waals surface area contributed by atoms with Gasteiger partial charge in [0.2, 0.25) is 0 Å². The van der Waals surface area contributed by atoms with Crippen LogP contribution in [0.1, 0.15) is 6.92 Å². The van der Waals surface area contributed by atoms with Crippen molar-refractivity contribution in [3.8, 4) is 0 Å². The van der Waals surface area contributed by atoms with Crippen LogP contribution in [-0.2, 0) is 4.79 Å². The van der Waals surface area contributed by atoms with Crippen molar-refractivity contribution in [3.63, 3.8) is 0 Å². The zero-order valence-corrected chi connectivity index (χ0v) is 10.0. The number of carbonyl (C=O) groups excluding carboxylic acids is 1. The monoisotopic (exact) mass is 221 g/mol. The van der Waals surface area contributed by atoms with E-state index < -0.39 is 0 Å². The standard InChI is InChI=1S/C12H15NOS/c1-10(14)12(9-13(2)3)15-11-7-5-4-6-8-11/h4-9H,1-3H3. The van der Waals surface area contributed by atoms with Crippen molar-refractivity contribution in [2.24, 2.45) is 0 Å². The van der Waals surface area contributed by atoms with Gasteiger partial charge in [-0.3, -0.25) is 4.79 Å². The molecule has 0 heterocycles. The Labute approximate surface area is 95.0 Å². The molecule has 0 spiro atoms. The van der Waals surface area contributed by atoms with Crippen LogP contribution in [0.25, 0.3) is 0 Å². The quantitative estimate of drug-likeness (QED) is 0.576. The molecule has 0 aromatic heterocycles. The maximum absolute atomic E-state index is 11.4. The molecule has 0 aliphatic rings. The summed E-state index contributed by atoms with van der Waals surface area (Å²) in [4.78, 5) is 15.1. The first-order chi connectivity index (χ1) is 7.09. The van der Waals surface area contributed by atoms with E-state index in [0.29, 0.717) is 0 Å². The summed E-state index contributed by atoms with van der Waals surface area (Å²) in [6.07, 6.45) is 1.85. The topological polar surface area (TPSA) is 20.3 Å². The normalized spacial score (nSPS) is 11.3. The number of carbonyl (C=O) groups is 1. The summed E-state index contributed by atoms with van der Waals surface area (Å²) in [6.45, 7) is 1.59. The van der Waals surface area contributed by atoms with Gasteiger partial charge >= 0.3 is 0 Å². The number of thioether (sulfide) groups is 1. The number of rotatable bonds is 4. The predicted octanol–water partition coefficient (Wildman–Crippen LogP) is 2.77. The van der Waals surface area contributed by atoms with Crippen molar-refractivity contribution in [1.29, 1.82) is 0 Å². The van der Waals surface area contributed by atoms with Crippen molar-refractivity contribution in [2.45, 2.75) is 11.8 Å². The molecule has 2 nitrogen and oxygen atoms in total. The van der Waals surface area contributed by atoms with Crippen molar-refractivity contribution in [2.75, 3.05) is 14.1 Å². The second kappa shape index (κ2) is 5.61. The fraction of sp³-hybridized carbons (Fsp3) is 0.250. The molecular weight excluding hydrogens is 206 g/mol. The lowest BCUT2D eigenvalue weighted by Gasteiger charge is -2.09. The molecule has 15 heavy (non-hydrogen) atoms. The van der Waals surface area contributed by atoms with E-state index in [2.05, 4.69) is 0 Å². The first-order valence-electron chi connectivity index (χ1n) is 4.71. The summed E-state index contributed by atoms with van der Waals surface area (Å²) >= 11 is 1.50. The highest BCUT2D eigenvalue weighted by molar-refractivity contribution is 8.04. The molecule has 1 aromatic carbocycles. The van der Waals surface area contributed by atoms with E-state index in [0.717, 1.165) is 9.80 Å². The van der Waals surface area contributed by atoms with Gasteiger partial charge in [0.25, 0.3) is 0 Å². The van der Waals surface area contributed by atoms with Gasteiger partial charge in [0.15, 0.2) is 5.78 Å². The Morgan fingerprint density at radius 2 is 1.87 bits per heavy atom. The Hall–Kier alpha value is -1.22. The van der Waals surface area contributed by atoms with Crippen LogP contribution in [-0.4, -0.2) is 24.8 Å². The number of allylic oxidation sites excluding steroid dienone is 1. The van der Waals surface area contributed by atoms with Crippen LogP contribution >= 0.6 is 11.8 Å². The maximum atomic E-state index is 11.4. The smallest absolute Gasteiger partial charge is 0.167 e. The summed E-state index contributed by atoms with van der Waals surface area (Å²) in [5, 5.41) is 0. The second-order valence-electron chi connectivity index (χ2n) is 3.43. The first-order valence-corrected chi connectivity index (χ1v) is 5.53. The minimum atomic E-state index is 0.0950. The van der Waals surface area contributed by atoms with Gasteiger partial charge in [-0.1, -0.05) is 30.0 Å². The molecule has 0 aliphatic carbocycles. The molecule has 0 saturated heterocycles. The molecule has 0 aliphatic heterocycles. The van der Waals surface area contributed by atoms with Crippen LogP contribution in [0, 0.1) is 0 Å². The number of benzene rings is 1. The maximum Gasteiger partial charge on any atom is 0.167 e. The Morgan fingerprint density at radius 1 is 1.27 bits per heavy atom. The molecule has 1 aromatic rings. The van der Waals surface area contributed by atoms with E-state index in [9.17, 15) is 4.79 Å². The van der Waals surface area contributed by atoms with Crippen LogP contribution in [0.3, 0.4) is 0 Å². The molecule has 0 saturated carbocycles. The predicted molar refractivity (Wildman–Crippen MR) is 64.8 cm³/mol. The van der Waals surface area contributed by atoms with E-state index >= 15 is 0 Å². The first kappa shape index (κ1) is 11.9. The Bertz CT molecular complexity index is 357. The third-order valence-electron chi connectivity index (χ3n) is 1.69. The fourth-order valence-corrected chi connectivity index (χ4v) is 1.99. The van der Waals surface area contributed by atoms with E-state index in [1.807, 2.05) is 55.5 Å². The van der Waals surface area contributed by atoms with Gasteiger partial charge in [-0.15, -0.1) is 0 Å². The number of ketones is 1. The van der Waals surface area contributed by atoms with Crippen molar-refractivity contribution >= 4 is 17.5 Å². The molecule has 0 N–H and O–H groups in total. The third kappa shape index (κ3) is 4.21. The highest BCUT2D eigenvalue weighted by Crippen LogP contribution is 2.26. The van der Waals surface area contributed by atoms with Crippen molar-refractivity contribution in [3.05, 3.63) is 41.4 Å². The number of hydrogen-bond donors (Lipinski definition) is 0. The molecular formula is C12H15NOS. The molecule has 0 unspecified atom stereocenters. The van der Waals surface area contributed by atoms with Crippen LogP contribution in [0.2, 0.25) is 0 Å². The molecule has 1 rings (SSSR count). The van der Waals surface area contributed by atoms with Crippen LogP contribution in [0.15, 0.2) is 46.3 Å². The summed E-state index contributed by atoms with van der Waals surface area (Å²) in [7, 11) is 3.82. The van der Waals surface area contributed by atoms with Gasteiger partial charge in [-0.2, -0.15) is 0 Å². The second-order valence-corrected chi connectivity index (χ2v) is 4.54. The van der Waals surface area contributed by atoms with Gasteiger partial charge in [-0.05, 0) is 19.1 Å². The summed E-state index contributed by atoms with van der Waals surface area (Å²) < 4.78 is 0. The van der Waals surface area contributed by atoms with Crippen molar-refractivity contribution in [1.82, 2.24) is 4.90 Å². The average Bonchev–Trinajstić information content (AvgIpc) is 2.17. The third-order valence-corrected chi connectivity index (χ3v) is 2.81. The van der Waals surface area contributed by atoms with Gasteiger partial charge in [0.1, 0.15) is 0 Å². The summed E-state index contributed by atoms with van der Waals surface area (Å²) in [5.41, 5.74) is 0. The highest BCUT2D eigenvalue weighted by atomic mass is 32.2. The van der Waals surface area contributed by atoms with E-state index in [1.165, 1.54) is 11.8 Å². The van der Waals surface area contributed by atoms with E-state index in [4.69, 9.17) is 0 Å². The molecule has 0 bridgehead atoms. The lowest BCUT2D eigenvalue weighted by Crippen LogP contribution is -2.05. The summed E-state index contributed by atoms with van der Waals surface area (Å²) in [6, 6.07) is 9.90. The van der Waals surface area contributed by atoms with Crippen LogP contribution in [0.5, 0.6) is 0 Å². The molecule has 80 valence electrons. The van der Waals surface area contributed by atoms with Crippen molar-refractivity contribution < 1.29 is 4.79 Å². The minimum Gasteiger partial charge on any atom is -0.382 e.